The molecule has 2 aromatic rings. The number of fused-ring (bicyclic) bond motifs is 3. The van der Waals surface area contributed by atoms with Gasteiger partial charge in [0.1, 0.15) is 18.9 Å². The van der Waals surface area contributed by atoms with Crippen molar-refractivity contribution in [2.24, 2.45) is 0 Å². The number of nitrogens with one attached hydrogen (secondary N) is 3. The number of rotatable bonds is 4. The number of amides is 3. The number of halogens is 4. The number of pyridine rings is 1. The number of piperidine rings is 1. The predicted octanol–water partition coefficient (Wildman–Crippen LogP) is 2.47. The minimum absolute atomic E-state index is 0.187. The van der Waals surface area contributed by atoms with Crippen LogP contribution >= 0.6 is 15.9 Å². The van der Waals surface area contributed by atoms with Crippen molar-refractivity contribution >= 4 is 45.2 Å². The fourth-order valence-electron chi connectivity index (χ4n) is 5.08. The van der Waals surface area contributed by atoms with Gasteiger partial charge in [0.15, 0.2) is 0 Å². The van der Waals surface area contributed by atoms with E-state index in [4.69, 9.17) is 0 Å². The van der Waals surface area contributed by atoms with E-state index in [2.05, 4.69) is 31.8 Å². The molecule has 1 spiro atoms. The first-order valence-corrected chi connectivity index (χ1v) is 12.1. The maximum Gasteiger partial charge on any atom is 0.405 e. The zero-order chi connectivity index (χ0) is 25.7. The van der Waals surface area contributed by atoms with Crippen molar-refractivity contribution in [2.45, 2.75) is 31.0 Å². The van der Waals surface area contributed by atoms with Crippen molar-refractivity contribution in [3.63, 3.8) is 0 Å². The van der Waals surface area contributed by atoms with Crippen LogP contribution in [0.15, 0.2) is 34.9 Å². The van der Waals surface area contributed by atoms with E-state index in [9.17, 15) is 27.6 Å². The highest BCUT2D eigenvalue weighted by Gasteiger charge is 2.53. The lowest BCUT2D eigenvalue weighted by Crippen LogP contribution is -2.51. The molecule has 1 fully saturated rings. The van der Waals surface area contributed by atoms with Crippen molar-refractivity contribution in [2.75, 3.05) is 36.5 Å². The lowest BCUT2D eigenvalue weighted by Gasteiger charge is -2.38. The van der Waals surface area contributed by atoms with Crippen LogP contribution in [0.25, 0.3) is 0 Å². The molecule has 0 radical (unpaired) electrons. The standard InChI is InChI=1S/C23H22BrF3N6O3/c24-15-2-1-3-16-18(15)22(21(36)33(16)11-17(34)29-12-23(25,26)27)4-6-32(7-5-22)20(35)14-8-13-10-30-31-19(13)28-9-14/h1-3,8-9,30H,4-7,10-12H2,(H,28,31)(H,29,34). The van der Waals surface area contributed by atoms with Gasteiger partial charge in [0.2, 0.25) is 11.8 Å². The molecule has 36 heavy (non-hydrogen) atoms. The predicted molar refractivity (Wildman–Crippen MR) is 127 cm³/mol. The molecule has 190 valence electrons. The van der Waals surface area contributed by atoms with Gasteiger partial charge < -0.3 is 20.5 Å². The summed E-state index contributed by atoms with van der Waals surface area (Å²) >= 11 is 3.52. The Labute approximate surface area is 212 Å². The van der Waals surface area contributed by atoms with Gasteiger partial charge >= 0.3 is 6.18 Å². The molecule has 0 aliphatic carbocycles. The third kappa shape index (κ3) is 4.30. The van der Waals surface area contributed by atoms with Gasteiger partial charge in [0, 0.05) is 47.1 Å². The molecule has 3 aliphatic rings. The summed E-state index contributed by atoms with van der Waals surface area (Å²) in [5.41, 5.74) is 7.40. The third-order valence-corrected chi connectivity index (χ3v) is 7.47. The van der Waals surface area contributed by atoms with Gasteiger partial charge in [-0.25, -0.2) is 10.4 Å². The second kappa shape index (κ2) is 9.04. The smallest absolute Gasteiger partial charge is 0.345 e. The number of hydrogen-bond acceptors (Lipinski definition) is 6. The molecule has 1 aromatic carbocycles. The Morgan fingerprint density at radius 3 is 2.69 bits per heavy atom. The summed E-state index contributed by atoms with van der Waals surface area (Å²) in [7, 11) is 0. The van der Waals surface area contributed by atoms with Crippen LogP contribution in [0.1, 0.15) is 34.3 Å². The number of carbonyl (C=O) groups excluding carboxylic acids is 3. The maximum atomic E-state index is 13.7. The normalized spacial score (nSPS) is 18.2. The van der Waals surface area contributed by atoms with E-state index in [1.54, 1.807) is 29.2 Å². The molecular formula is C23H22BrF3N6O3. The molecule has 3 N–H and O–H groups in total. The maximum absolute atomic E-state index is 13.7. The van der Waals surface area contributed by atoms with Crippen LogP contribution in [-0.4, -0.2) is 60.0 Å². The summed E-state index contributed by atoms with van der Waals surface area (Å²) in [4.78, 5) is 46.3. The molecule has 0 saturated carbocycles. The third-order valence-electron chi connectivity index (χ3n) is 6.81. The highest BCUT2D eigenvalue weighted by Crippen LogP contribution is 2.51. The van der Waals surface area contributed by atoms with Gasteiger partial charge in [-0.3, -0.25) is 14.4 Å². The number of hydrogen-bond donors (Lipinski definition) is 3. The number of anilines is 2. The molecule has 1 aromatic heterocycles. The summed E-state index contributed by atoms with van der Waals surface area (Å²) in [6, 6.07) is 6.96. The van der Waals surface area contributed by atoms with Gasteiger partial charge in [-0.1, -0.05) is 22.0 Å². The van der Waals surface area contributed by atoms with Crippen molar-refractivity contribution in [1.82, 2.24) is 20.6 Å². The Hall–Kier alpha value is -3.19. The van der Waals surface area contributed by atoms with Crippen LogP contribution in [0, 0.1) is 0 Å². The first-order chi connectivity index (χ1) is 17.1. The van der Waals surface area contributed by atoms with Gasteiger partial charge in [-0.2, -0.15) is 13.2 Å². The number of aromatic nitrogens is 1. The van der Waals surface area contributed by atoms with Crippen LogP contribution in [0.5, 0.6) is 0 Å². The summed E-state index contributed by atoms with van der Waals surface area (Å²) in [6.07, 6.45) is -2.41. The molecule has 0 bridgehead atoms. The Morgan fingerprint density at radius 2 is 1.97 bits per heavy atom. The van der Waals surface area contributed by atoms with Gasteiger partial charge in [-0.15, -0.1) is 0 Å². The number of benzene rings is 1. The molecule has 0 unspecified atom stereocenters. The van der Waals surface area contributed by atoms with E-state index >= 15 is 0 Å². The van der Waals surface area contributed by atoms with E-state index in [-0.39, 0.29) is 11.8 Å². The minimum Gasteiger partial charge on any atom is -0.345 e. The molecule has 9 nitrogen and oxygen atoms in total. The highest BCUT2D eigenvalue weighted by molar-refractivity contribution is 9.10. The lowest BCUT2D eigenvalue weighted by atomic mass is 9.73. The molecule has 5 rings (SSSR count). The Bertz CT molecular complexity index is 1250. The Morgan fingerprint density at radius 1 is 1.22 bits per heavy atom. The fourth-order valence-corrected chi connectivity index (χ4v) is 5.81. The fraction of sp³-hybridized carbons (Fsp3) is 0.391. The monoisotopic (exact) mass is 566 g/mol. The SMILES string of the molecule is O=C(CN1C(=O)C2(CCN(C(=O)c3cnc4c(c3)CNN4)CC2)c2c(Br)cccc21)NCC(F)(F)F. The van der Waals surface area contributed by atoms with Gasteiger partial charge in [-0.05, 0) is 31.0 Å². The first-order valence-electron chi connectivity index (χ1n) is 11.3. The highest BCUT2D eigenvalue weighted by atomic mass is 79.9. The Kier molecular flexibility index (Phi) is 6.15. The number of hydrazine groups is 1. The molecule has 0 atom stereocenters. The van der Waals surface area contributed by atoms with E-state index in [1.165, 1.54) is 11.1 Å². The average Bonchev–Trinajstić information content (AvgIpc) is 3.40. The largest absolute Gasteiger partial charge is 0.405 e. The summed E-state index contributed by atoms with van der Waals surface area (Å²) in [5, 5.41) is 1.83. The lowest BCUT2D eigenvalue weighted by molar-refractivity contribution is -0.138. The summed E-state index contributed by atoms with van der Waals surface area (Å²) < 4.78 is 38.3. The number of carbonyl (C=O) groups is 3. The van der Waals surface area contributed by atoms with Crippen LogP contribution in [-0.2, 0) is 21.5 Å². The van der Waals surface area contributed by atoms with Crippen molar-refractivity contribution in [3.05, 3.63) is 51.6 Å². The van der Waals surface area contributed by atoms with Crippen LogP contribution in [0.2, 0.25) is 0 Å². The van der Waals surface area contributed by atoms with Crippen molar-refractivity contribution < 1.29 is 27.6 Å². The van der Waals surface area contributed by atoms with Gasteiger partial charge in [0.05, 0.1) is 11.0 Å². The van der Waals surface area contributed by atoms with Crippen LogP contribution in [0.4, 0.5) is 24.7 Å². The zero-order valence-corrected chi connectivity index (χ0v) is 20.5. The topological polar surface area (TPSA) is 107 Å². The second-order valence-corrected chi connectivity index (χ2v) is 9.86. The molecule has 3 aliphatic heterocycles. The zero-order valence-electron chi connectivity index (χ0n) is 18.9. The van der Waals surface area contributed by atoms with Crippen molar-refractivity contribution in [3.8, 4) is 0 Å². The van der Waals surface area contributed by atoms with E-state index in [0.717, 1.165) is 5.56 Å². The van der Waals surface area contributed by atoms with E-state index in [0.29, 0.717) is 59.6 Å². The molecule has 3 amide bonds. The quantitative estimate of drug-likeness (QED) is 0.525. The molecular weight excluding hydrogens is 545 g/mol. The first kappa shape index (κ1) is 24.5. The minimum atomic E-state index is -4.55. The van der Waals surface area contributed by atoms with Gasteiger partial charge in [0.25, 0.3) is 5.91 Å². The summed E-state index contributed by atoms with van der Waals surface area (Å²) in [6.45, 7) is -0.838. The Balaban J connectivity index is 1.35. The number of likely N-dealkylation sites (tertiary alicyclic amines) is 1. The molecule has 4 heterocycles. The second-order valence-electron chi connectivity index (χ2n) is 9.00. The van der Waals surface area contributed by atoms with E-state index in [1.807, 2.05) is 5.32 Å². The molecule has 1 saturated heterocycles. The van der Waals surface area contributed by atoms with E-state index < -0.39 is 30.6 Å². The van der Waals surface area contributed by atoms with Crippen molar-refractivity contribution in [1.29, 1.82) is 0 Å². The summed E-state index contributed by atoms with van der Waals surface area (Å²) in [5.74, 6) is -0.755. The average molecular weight is 567 g/mol. The van der Waals surface area contributed by atoms with Crippen LogP contribution in [0.3, 0.4) is 0 Å². The van der Waals surface area contributed by atoms with Crippen LogP contribution < -0.4 is 21.1 Å². The number of alkyl halides is 3. The molecule has 13 heteroatoms. The number of nitrogens with zero attached hydrogens (tertiary/aromatic N) is 3.